The molecule has 0 spiro atoms. The van der Waals surface area contributed by atoms with Crippen molar-refractivity contribution in [2.75, 3.05) is 13.7 Å². The minimum Gasteiger partial charge on any atom is -0.467 e. The lowest BCUT2D eigenvalue weighted by atomic mass is 9.92. The van der Waals surface area contributed by atoms with Crippen LogP contribution >= 0.6 is 23.2 Å². The second kappa shape index (κ2) is 6.10. The summed E-state index contributed by atoms with van der Waals surface area (Å²) in [5, 5.41) is 3.74. The van der Waals surface area contributed by atoms with Crippen LogP contribution < -0.4 is 5.32 Å². The summed E-state index contributed by atoms with van der Waals surface area (Å²) >= 11 is 11.8. The van der Waals surface area contributed by atoms with E-state index in [0.717, 1.165) is 0 Å². The Balaban J connectivity index is 3.21. The van der Waals surface area contributed by atoms with E-state index >= 15 is 0 Å². The minimum absolute atomic E-state index is 0.228. The van der Waals surface area contributed by atoms with E-state index in [-0.39, 0.29) is 6.54 Å². The number of esters is 1. The molecule has 0 radical (unpaired) electrons. The van der Waals surface area contributed by atoms with Crippen LogP contribution in [0.3, 0.4) is 0 Å². The molecule has 0 aromatic heterocycles. The average molecular weight is 286 g/mol. The van der Waals surface area contributed by atoms with E-state index in [9.17, 15) is 4.79 Å². The van der Waals surface area contributed by atoms with Gasteiger partial charge >= 0.3 is 5.97 Å². The number of rotatable bonds is 4. The van der Waals surface area contributed by atoms with Crippen molar-refractivity contribution in [1.29, 1.82) is 0 Å². The first kappa shape index (κ1) is 14.8. The SMILES string of the molecule is C#CCNC(C)(C(=O)OC)c1ccc(Cl)c(Cl)c1. The molecule has 0 saturated heterocycles. The summed E-state index contributed by atoms with van der Waals surface area (Å²) in [7, 11) is 1.32. The maximum atomic E-state index is 11.9. The van der Waals surface area contributed by atoms with Crippen LogP contribution in [0.1, 0.15) is 12.5 Å². The van der Waals surface area contributed by atoms with Crippen LogP contribution in [0.4, 0.5) is 0 Å². The number of nitrogens with one attached hydrogen (secondary N) is 1. The molecule has 0 saturated carbocycles. The van der Waals surface area contributed by atoms with Crippen molar-refractivity contribution < 1.29 is 9.53 Å². The molecular weight excluding hydrogens is 273 g/mol. The number of halogens is 2. The molecule has 0 amide bonds. The molecule has 1 aromatic rings. The van der Waals surface area contributed by atoms with Crippen molar-refractivity contribution in [3.63, 3.8) is 0 Å². The summed E-state index contributed by atoms with van der Waals surface area (Å²) in [4.78, 5) is 11.9. The highest BCUT2D eigenvalue weighted by molar-refractivity contribution is 6.42. The van der Waals surface area contributed by atoms with Crippen LogP contribution in [0.25, 0.3) is 0 Å². The van der Waals surface area contributed by atoms with Gasteiger partial charge in [-0.1, -0.05) is 35.2 Å². The predicted octanol–water partition coefficient (Wildman–Crippen LogP) is 2.60. The van der Waals surface area contributed by atoms with E-state index in [0.29, 0.717) is 15.6 Å². The lowest BCUT2D eigenvalue weighted by Crippen LogP contribution is -2.47. The summed E-state index contributed by atoms with van der Waals surface area (Å²) in [6, 6.07) is 4.94. The number of carbonyl (C=O) groups is 1. The molecule has 1 unspecified atom stereocenters. The van der Waals surface area contributed by atoms with Gasteiger partial charge in [-0.3, -0.25) is 5.32 Å². The van der Waals surface area contributed by atoms with Gasteiger partial charge in [-0.2, -0.15) is 0 Å². The van der Waals surface area contributed by atoms with Gasteiger partial charge in [0.05, 0.1) is 23.7 Å². The Morgan fingerprint density at radius 1 is 1.50 bits per heavy atom. The Morgan fingerprint density at radius 3 is 2.67 bits per heavy atom. The number of hydrogen-bond acceptors (Lipinski definition) is 3. The minimum atomic E-state index is -1.06. The largest absolute Gasteiger partial charge is 0.467 e. The van der Waals surface area contributed by atoms with Crippen LogP contribution in [0.5, 0.6) is 0 Å². The van der Waals surface area contributed by atoms with Crippen molar-refractivity contribution in [3.8, 4) is 12.3 Å². The van der Waals surface area contributed by atoms with Crippen molar-refractivity contribution in [2.24, 2.45) is 0 Å². The van der Waals surface area contributed by atoms with Crippen molar-refractivity contribution in [1.82, 2.24) is 5.32 Å². The molecule has 1 rings (SSSR count). The highest BCUT2D eigenvalue weighted by atomic mass is 35.5. The summed E-state index contributed by atoms with van der Waals surface area (Å²) < 4.78 is 4.79. The molecule has 96 valence electrons. The highest BCUT2D eigenvalue weighted by Crippen LogP contribution is 2.29. The van der Waals surface area contributed by atoms with E-state index in [4.69, 9.17) is 34.4 Å². The smallest absolute Gasteiger partial charge is 0.330 e. The van der Waals surface area contributed by atoms with Gasteiger partial charge in [-0.25, -0.2) is 4.79 Å². The van der Waals surface area contributed by atoms with Gasteiger partial charge < -0.3 is 4.74 Å². The lowest BCUT2D eigenvalue weighted by molar-refractivity contribution is -0.148. The summed E-state index contributed by atoms with van der Waals surface area (Å²) in [6.07, 6.45) is 5.20. The van der Waals surface area contributed by atoms with Gasteiger partial charge in [0.25, 0.3) is 0 Å². The number of hydrogen-bond donors (Lipinski definition) is 1. The average Bonchev–Trinajstić information content (AvgIpc) is 2.38. The van der Waals surface area contributed by atoms with Gasteiger partial charge in [0.1, 0.15) is 5.54 Å². The maximum Gasteiger partial charge on any atom is 0.330 e. The van der Waals surface area contributed by atoms with E-state index in [1.807, 2.05) is 0 Å². The monoisotopic (exact) mass is 285 g/mol. The Kier molecular flexibility index (Phi) is 5.03. The molecular formula is C13H13Cl2NO2. The molecule has 5 heteroatoms. The fourth-order valence-electron chi connectivity index (χ4n) is 1.53. The van der Waals surface area contributed by atoms with Gasteiger partial charge in [-0.15, -0.1) is 6.42 Å². The number of ether oxygens (including phenoxy) is 1. The zero-order valence-corrected chi connectivity index (χ0v) is 11.6. The molecule has 0 aliphatic heterocycles. The zero-order valence-electron chi connectivity index (χ0n) is 10.1. The Labute approximate surface area is 116 Å². The molecule has 1 atom stereocenters. The summed E-state index contributed by atoms with van der Waals surface area (Å²) in [6.45, 7) is 1.90. The number of terminal acetylenes is 1. The molecule has 0 aliphatic carbocycles. The normalized spacial score (nSPS) is 13.5. The van der Waals surface area contributed by atoms with Crippen molar-refractivity contribution >= 4 is 29.2 Å². The van der Waals surface area contributed by atoms with Gasteiger partial charge in [-0.05, 0) is 24.6 Å². The molecule has 18 heavy (non-hydrogen) atoms. The van der Waals surface area contributed by atoms with E-state index < -0.39 is 11.5 Å². The lowest BCUT2D eigenvalue weighted by Gasteiger charge is -2.28. The van der Waals surface area contributed by atoms with E-state index in [1.54, 1.807) is 25.1 Å². The Morgan fingerprint density at radius 2 is 2.17 bits per heavy atom. The number of carbonyl (C=O) groups excluding carboxylic acids is 1. The summed E-state index contributed by atoms with van der Waals surface area (Å²) in [5.41, 5.74) is -0.422. The van der Waals surface area contributed by atoms with Gasteiger partial charge in [0.2, 0.25) is 0 Å². The maximum absolute atomic E-state index is 11.9. The van der Waals surface area contributed by atoms with Crippen LogP contribution in [0.15, 0.2) is 18.2 Å². The second-order valence-electron chi connectivity index (χ2n) is 3.80. The van der Waals surface area contributed by atoms with Crippen LogP contribution in [0, 0.1) is 12.3 Å². The zero-order chi connectivity index (χ0) is 13.8. The topological polar surface area (TPSA) is 38.3 Å². The standard InChI is InChI=1S/C13H13Cl2NO2/c1-4-7-16-13(2,12(17)18-3)9-5-6-10(14)11(15)8-9/h1,5-6,8,16H,7H2,2-3H3. The molecule has 1 aromatic carbocycles. The molecule has 0 fully saturated rings. The number of methoxy groups -OCH3 is 1. The van der Waals surface area contributed by atoms with E-state index in [2.05, 4.69) is 11.2 Å². The fraction of sp³-hybridized carbons (Fsp3) is 0.308. The van der Waals surface area contributed by atoms with Crippen LogP contribution in [-0.4, -0.2) is 19.6 Å². The second-order valence-corrected chi connectivity index (χ2v) is 4.62. The highest BCUT2D eigenvalue weighted by Gasteiger charge is 2.36. The summed E-state index contributed by atoms with van der Waals surface area (Å²) in [5.74, 6) is 1.97. The third kappa shape index (κ3) is 2.97. The third-order valence-electron chi connectivity index (χ3n) is 2.63. The van der Waals surface area contributed by atoms with E-state index in [1.165, 1.54) is 7.11 Å². The quantitative estimate of drug-likeness (QED) is 0.683. The molecule has 3 nitrogen and oxygen atoms in total. The van der Waals surface area contributed by atoms with Gasteiger partial charge in [0, 0.05) is 0 Å². The third-order valence-corrected chi connectivity index (χ3v) is 3.37. The molecule has 0 bridgehead atoms. The number of benzene rings is 1. The first-order valence-corrected chi connectivity index (χ1v) is 5.93. The predicted molar refractivity (Wildman–Crippen MR) is 72.7 cm³/mol. The van der Waals surface area contributed by atoms with Crippen LogP contribution in [-0.2, 0) is 15.1 Å². The Hall–Kier alpha value is -1.21. The van der Waals surface area contributed by atoms with Gasteiger partial charge in [0.15, 0.2) is 0 Å². The fourth-order valence-corrected chi connectivity index (χ4v) is 1.83. The first-order valence-electron chi connectivity index (χ1n) is 5.18. The van der Waals surface area contributed by atoms with Crippen molar-refractivity contribution in [2.45, 2.75) is 12.5 Å². The first-order chi connectivity index (χ1) is 8.45. The van der Waals surface area contributed by atoms with Crippen LogP contribution in [0.2, 0.25) is 10.0 Å². The van der Waals surface area contributed by atoms with Crippen molar-refractivity contribution in [3.05, 3.63) is 33.8 Å². The molecule has 0 heterocycles. The Bertz CT molecular complexity index is 496. The molecule has 1 N–H and O–H groups in total. The molecule has 0 aliphatic rings.